The first kappa shape index (κ1) is 25.6. The third-order valence-corrected chi connectivity index (χ3v) is 7.93. The standard InChI is InChI=1S/C34H30N4O2/c1-3-5-24-10-16-28(17-11-24)38-31(37-30-20-36-34-29(32(30)38)18-19-35-34)22-40-21-25-8-14-27(15-9-25)33(39)26-12-6-23(4-2)7-13-26/h1-2,6-9,12-15,18-20,24,28H,5,10-11,16-17,21-22H2,(H,35,36)/t24-,28-. The summed E-state index contributed by atoms with van der Waals surface area (Å²) in [5.74, 6) is 6.88. The van der Waals surface area contributed by atoms with Gasteiger partial charge in [0.1, 0.15) is 23.6 Å². The second-order valence-corrected chi connectivity index (χ2v) is 10.5. The van der Waals surface area contributed by atoms with Gasteiger partial charge in [-0.15, -0.1) is 18.8 Å². The fraction of sp³-hybridized carbons (Fsp3) is 0.265. The molecule has 0 atom stereocenters. The van der Waals surface area contributed by atoms with E-state index in [1.165, 1.54) is 0 Å². The molecule has 1 saturated carbocycles. The van der Waals surface area contributed by atoms with Crippen LogP contribution in [-0.4, -0.2) is 25.3 Å². The Kier molecular flexibility index (Phi) is 7.19. The van der Waals surface area contributed by atoms with Gasteiger partial charge >= 0.3 is 0 Å². The molecule has 0 amide bonds. The average Bonchev–Trinajstić information content (AvgIpc) is 3.62. The molecule has 1 aliphatic rings. The van der Waals surface area contributed by atoms with Crippen molar-refractivity contribution >= 4 is 27.9 Å². The maximum atomic E-state index is 12.8. The number of benzene rings is 2. The number of nitrogens with one attached hydrogen (secondary N) is 1. The van der Waals surface area contributed by atoms with Gasteiger partial charge in [0.2, 0.25) is 0 Å². The number of ketones is 1. The highest BCUT2D eigenvalue weighted by atomic mass is 16.5. The van der Waals surface area contributed by atoms with Crippen molar-refractivity contribution < 1.29 is 9.53 Å². The highest BCUT2D eigenvalue weighted by Gasteiger charge is 2.26. The Bertz CT molecular complexity index is 1740. The number of aromatic nitrogens is 4. The van der Waals surface area contributed by atoms with Gasteiger partial charge in [0, 0.05) is 40.7 Å². The van der Waals surface area contributed by atoms with Gasteiger partial charge in [-0.1, -0.05) is 30.2 Å². The Morgan fingerprint density at radius 1 is 0.975 bits per heavy atom. The van der Waals surface area contributed by atoms with Crippen molar-refractivity contribution in [2.24, 2.45) is 5.92 Å². The average molecular weight is 527 g/mol. The lowest BCUT2D eigenvalue weighted by Crippen LogP contribution is -2.20. The van der Waals surface area contributed by atoms with Crippen LogP contribution in [0.5, 0.6) is 0 Å². The zero-order valence-corrected chi connectivity index (χ0v) is 22.3. The number of rotatable bonds is 8. The lowest BCUT2D eigenvalue weighted by Gasteiger charge is -2.30. The predicted octanol–water partition coefficient (Wildman–Crippen LogP) is 6.60. The van der Waals surface area contributed by atoms with Gasteiger partial charge in [-0.3, -0.25) is 4.79 Å². The van der Waals surface area contributed by atoms with Crippen molar-refractivity contribution in [3.05, 3.63) is 95.1 Å². The third kappa shape index (κ3) is 5.02. The summed E-state index contributed by atoms with van der Waals surface area (Å²) in [5, 5.41) is 1.08. The van der Waals surface area contributed by atoms with Gasteiger partial charge in [0.15, 0.2) is 5.78 Å². The molecule has 198 valence electrons. The van der Waals surface area contributed by atoms with Crippen LogP contribution in [-0.2, 0) is 18.0 Å². The third-order valence-electron chi connectivity index (χ3n) is 7.93. The maximum absolute atomic E-state index is 12.8. The first-order valence-corrected chi connectivity index (χ1v) is 13.7. The number of carbonyl (C=O) groups excluding carboxylic acids is 1. The summed E-state index contributed by atoms with van der Waals surface area (Å²) in [4.78, 5) is 25.6. The van der Waals surface area contributed by atoms with Crippen molar-refractivity contribution in [3.8, 4) is 24.7 Å². The highest BCUT2D eigenvalue weighted by Crippen LogP contribution is 2.38. The molecule has 5 aromatic rings. The number of hydrogen-bond acceptors (Lipinski definition) is 4. The van der Waals surface area contributed by atoms with Crippen molar-refractivity contribution in [2.75, 3.05) is 0 Å². The van der Waals surface area contributed by atoms with Gasteiger partial charge in [-0.25, -0.2) is 9.97 Å². The molecule has 6 heteroatoms. The normalized spacial score (nSPS) is 17.1. The van der Waals surface area contributed by atoms with Crippen molar-refractivity contribution in [2.45, 2.75) is 51.4 Å². The summed E-state index contributed by atoms with van der Waals surface area (Å²) in [5.41, 5.74) is 5.85. The zero-order valence-electron chi connectivity index (χ0n) is 22.3. The minimum absolute atomic E-state index is 0.0357. The topological polar surface area (TPSA) is 72.8 Å². The number of ether oxygens (including phenoxy) is 1. The van der Waals surface area contributed by atoms with E-state index in [2.05, 4.69) is 32.4 Å². The van der Waals surface area contributed by atoms with Gasteiger partial charge in [0.05, 0.1) is 18.3 Å². The van der Waals surface area contributed by atoms with E-state index in [1.54, 1.807) is 24.3 Å². The molecule has 3 heterocycles. The molecule has 0 aliphatic heterocycles. The number of imidazole rings is 1. The number of nitrogens with zero attached hydrogens (tertiary/aromatic N) is 3. The fourth-order valence-electron chi connectivity index (χ4n) is 5.81. The lowest BCUT2D eigenvalue weighted by molar-refractivity contribution is 0.0970. The molecule has 0 bridgehead atoms. The molecular weight excluding hydrogens is 496 g/mol. The maximum Gasteiger partial charge on any atom is 0.193 e. The molecule has 0 spiro atoms. The van der Waals surface area contributed by atoms with Gasteiger partial charge < -0.3 is 14.3 Å². The molecule has 6 nitrogen and oxygen atoms in total. The van der Waals surface area contributed by atoms with Crippen LogP contribution in [0, 0.1) is 30.6 Å². The van der Waals surface area contributed by atoms with Gasteiger partial charge in [-0.2, -0.15) is 0 Å². The van der Waals surface area contributed by atoms with Crippen LogP contribution in [0.15, 0.2) is 67.0 Å². The Morgan fingerprint density at radius 3 is 2.40 bits per heavy atom. The van der Waals surface area contributed by atoms with E-state index in [1.807, 2.05) is 36.7 Å². The molecule has 0 saturated heterocycles. The number of terminal acetylenes is 2. The van der Waals surface area contributed by atoms with E-state index >= 15 is 0 Å². The molecule has 3 aromatic heterocycles. The highest BCUT2D eigenvalue weighted by molar-refractivity contribution is 6.09. The summed E-state index contributed by atoms with van der Waals surface area (Å²) in [6.07, 6.45) is 20.0. The molecule has 1 aliphatic carbocycles. The Morgan fingerprint density at radius 2 is 1.70 bits per heavy atom. The largest absolute Gasteiger partial charge is 0.369 e. The van der Waals surface area contributed by atoms with Crippen LogP contribution in [0.1, 0.15) is 71.0 Å². The molecule has 0 unspecified atom stereocenters. The monoisotopic (exact) mass is 526 g/mol. The summed E-state index contributed by atoms with van der Waals surface area (Å²) >= 11 is 0. The van der Waals surface area contributed by atoms with Crippen molar-refractivity contribution in [1.29, 1.82) is 0 Å². The Labute approximate surface area is 233 Å². The predicted molar refractivity (Wildman–Crippen MR) is 157 cm³/mol. The quantitative estimate of drug-likeness (QED) is 0.183. The van der Waals surface area contributed by atoms with Crippen LogP contribution in [0.4, 0.5) is 0 Å². The van der Waals surface area contributed by atoms with E-state index in [4.69, 9.17) is 22.6 Å². The first-order valence-electron chi connectivity index (χ1n) is 13.7. The second kappa shape index (κ2) is 11.2. The molecule has 1 N–H and O–H groups in total. The summed E-state index contributed by atoms with van der Waals surface area (Å²) in [6.45, 7) is 0.800. The minimum Gasteiger partial charge on any atom is -0.369 e. The Hall–Kier alpha value is -4.65. The molecule has 6 rings (SSSR count). The number of carbonyl (C=O) groups is 1. The summed E-state index contributed by atoms with van der Waals surface area (Å²) in [6, 6.07) is 17.1. The van der Waals surface area contributed by atoms with Crippen LogP contribution >= 0.6 is 0 Å². The zero-order chi connectivity index (χ0) is 27.5. The van der Waals surface area contributed by atoms with Crippen LogP contribution < -0.4 is 0 Å². The minimum atomic E-state index is -0.0357. The molecule has 40 heavy (non-hydrogen) atoms. The SMILES string of the molecule is C#CC[C@H]1CC[C@H](n2c(COCc3ccc(C(=O)c4ccc(C#C)cc4)cc3)nc3cnc4[nH]ccc4c32)CC1. The summed E-state index contributed by atoms with van der Waals surface area (Å²) < 4.78 is 8.57. The van der Waals surface area contributed by atoms with E-state index in [-0.39, 0.29) is 5.78 Å². The van der Waals surface area contributed by atoms with Crippen LogP contribution in [0.3, 0.4) is 0 Å². The summed E-state index contributed by atoms with van der Waals surface area (Å²) in [7, 11) is 0. The van der Waals surface area contributed by atoms with Crippen LogP contribution in [0.2, 0.25) is 0 Å². The van der Waals surface area contributed by atoms with Crippen molar-refractivity contribution in [3.63, 3.8) is 0 Å². The molecule has 0 radical (unpaired) electrons. The molecule has 1 fully saturated rings. The van der Waals surface area contributed by atoms with Gasteiger partial charge in [-0.05, 0) is 67.5 Å². The molecular formula is C34H30N4O2. The van der Waals surface area contributed by atoms with E-state index in [9.17, 15) is 4.79 Å². The van der Waals surface area contributed by atoms with E-state index in [0.717, 1.165) is 71.1 Å². The Balaban J connectivity index is 1.18. The van der Waals surface area contributed by atoms with Gasteiger partial charge in [0.25, 0.3) is 0 Å². The van der Waals surface area contributed by atoms with E-state index in [0.29, 0.717) is 36.3 Å². The first-order chi connectivity index (χ1) is 19.6. The van der Waals surface area contributed by atoms with Crippen molar-refractivity contribution in [1.82, 2.24) is 19.5 Å². The number of fused-ring (bicyclic) bond motifs is 3. The van der Waals surface area contributed by atoms with E-state index < -0.39 is 0 Å². The number of hydrogen-bond donors (Lipinski definition) is 1. The fourth-order valence-corrected chi connectivity index (χ4v) is 5.81. The number of aromatic amines is 1. The second-order valence-electron chi connectivity index (χ2n) is 10.5. The molecule has 2 aromatic carbocycles. The van der Waals surface area contributed by atoms with Crippen LogP contribution in [0.25, 0.3) is 22.1 Å². The smallest absolute Gasteiger partial charge is 0.193 e. The number of pyridine rings is 1. The lowest BCUT2D eigenvalue weighted by atomic mass is 9.84. The number of H-pyrrole nitrogens is 1.